The van der Waals surface area contributed by atoms with Gasteiger partial charge >= 0.3 is 0 Å². The largest absolute Gasteiger partial charge is 0.454 e. The Morgan fingerprint density at radius 3 is 2.64 bits per heavy atom. The molecule has 0 aromatic heterocycles. The molecule has 0 radical (unpaired) electrons. The smallest absolute Gasteiger partial charge is 0.231 e. The van der Waals surface area contributed by atoms with Crippen LogP contribution in [0.1, 0.15) is 29.0 Å². The number of rotatable bonds is 4. The Morgan fingerprint density at radius 1 is 1.08 bits per heavy atom. The normalized spacial score (nSPS) is 20.1. The van der Waals surface area contributed by atoms with Crippen molar-refractivity contribution >= 4 is 10.0 Å². The number of hydrogen-bond donors (Lipinski definition) is 0. The molecular weight excluding hydrogens is 338 g/mol. The summed E-state index contributed by atoms with van der Waals surface area (Å²) in [7, 11) is -3.30. The van der Waals surface area contributed by atoms with Crippen LogP contribution >= 0.6 is 0 Å². The van der Waals surface area contributed by atoms with E-state index in [4.69, 9.17) is 9.47 Å². The highest BCUT2D eigenvalue weighted by molar-refractivity contribution is 7.88. The lowest BCUT2D eigenvalue weighted by atomic mass is 9.98. The summed E-state index contributed by atoms with van der Waals surface area (Å²) >= 11 is 0. The minimum atomic E-state index is -3.30. The van der Waals surface area contributed by atoms with E-state index in [-0.39, 0.29) is 18.5 Å². The molecule has 2 aromatic carbocycles. The first-order valence-corrected chi connectivity index (χ1v) is 10.0. The van der Waals surface area contributed by atoms with Gasteiger partial charge in [0.25, 0.3) is 0 Å². The highest BCUT2D eigenvalue weighted by Crippen LogP contribution is 2.37. The van der Waals surface area contributed by atoms with Crippen molar-refractivity contribution in [2.45, 2.75) is 25.0 Å². The highest BCUT2D eigenvalue weighted by atomic mass is 32.2. The van der Waals surface area contributed by atoms with E-state index < -0.39 is 10.0 Å². The number of benzene rings is 2. The van der Waals surface area contributed by atoms with Gasteiger partial charge in [0.15, 0.2) is 11.5 Å². The van der Waals surface area contributed by atoms with Crippen LogP contribution in [0.3, 0.4) is 0 Å². The lowest BCUT2D eigenvalue weighted by Crippen LogP contribution is -2.29. The van der Waals surface area contributed by atoms with Gasteiger partial charge in [0.2, 0.25) is 16.8 Å². The van der Waals surface area contributed by atoms with Crippen LogP contribution in [-0.2, 0) is 15.8 Å². The van der Waals surface area contributed by atoms with Crippen LogP contribution in [0, 0.1) is 6.92 Å². The van der Waals surface area contributed by atoms with E-state index in [0.29, 0.717) is 13.1 Å². The molecule has 25 heavy (non-hydrogen) atoms. The fourth-order valence-electron chi connectivity index (χ4n) is 3.41. The van der Waals surface area contributed by atoms with Gasteiger partial charge in [0, 0.05) is 13.1 Å². The summed E-state index contributed by atoms with van der Waals surface area (Å²) < 4.78 is 37.8. The van der Waals surface area contributed by atoms with E-state index in [1.807, 2.05) is 49.4 Å². The summed E-state index contributed by atoms with van der Waals surface area (Å²) in [5.41, 5.74) is 3.07. The van der Waals surface area contributed by atoms with Crippen LogP contribution in [0.4, 0.5) is 0 Å². The van der Waals surface area contributed by atoms with Crippen LogP contribution < -0.4 is 9.47 Å². The third kappa shape index (κ3) is 3.37. The van der Waals surface area contributed by atoms with Gasteiger partial charge in [-0.1, -0.05) is 35.9 Å². The highest BCUT2D eigenvalue weighted by Gasteiger charge is 2.32. The number of hydrogen-bond acceptors (Lipinski definition) is 4. The maximum Gasteiger partial charge on any atom is 0.231 e. The summed E-state index contributed by atoms with van der Waals surface area (Å²) in [4.78, 5) is 0. The fourth-order valence-corrected chi connectivity index (χ4v) is 4.99. The molecule has 2 aliphatic rings. The van der Waals surface area contributed by atoms with E-state index >= 15 is 0 Å². The van der Waals surface area contributed by atoms with Gasteiger partial charge in [0.1, 0.15) is 0 Å². The number of fused-ring (bicyclic) bond motifs is 1. The van der Waals surface area contributed by atoms with E-state index in [1.165, 1.54) is 0 Å². The number of aryl methyl sites for hydroxylation is 1. The van der Waals surface area contributed by atoms with Crippen molar-refractivity contribution in [1.82, 2.24) is 4.31 Å². The molecular formula is C19H21NO4S. The zero-order valence-corrected chi connectivity index (χ0v) is 15.0. The molecule has 1 saturated heterocycles. The van der Waals surface area contributed by atoms with Crippen LogP contribution in [0.15, 0.2) is 42.5 Å². The average molecular weight is 359 g/mol. The quantitative estimate of drug-likeness (QED) is 0.842. The number of nitrogens with zero attached hydrogens (tertiary/aromatic N) is 1. The van der Waals surface area contributed by atoms with Crippen molar-refractivity contribution < 1.29 is 17.9 Å². The van der Waals surface area contributed by atoms with E-state index in [0.717, 1.165) is 34.6 Å². The second-order valence-corrected chi connectivity index (χ2v) is 8.67. The first kappa shape index (κ1) is 16.4. The molecule has 0 bridgehead atoms. The summed E-state index contributed by atoms with van der Waals surface area (Å²) in [6.45, 7) is 3.33. The lowest BCUT2D eigenvalue weighted by molar-refractivity contribution is 0.174. The molecule has 1 fully saturated rings. The van der Waals surface area contributed by atoms with Crippen LogP contribution in [-0.4, -0.2) is 32.6 Å². The van der Waals surface area contributed by atoms with Crippen molar-refractivity contribution in [3.05, 3.63) is 59.2 Å². The first-order valence-electron chi connectivity index (χ1n) is 8.44. The van der Waals surface area contributed by atoms with Gasteiger partial charge in [-0.25, -0.2) is 12.7 Å². The van der Waals surface area contributed by atoms with Crippen molar-refractivity contribution in [3.63, 3.8) is 0 Å². The lowest BCUT2D eigenvalue weighted by Gasteiger charge is -2.17. The van der Waals surface area contributed by atoms with E-state index in [9.17, 15) is 8.42 Å². The van der Waals surface area contributed by atoms with Gasteiger partial charge in [-0.15, -0.1) is 0 Å². The molecule has 1 unspecified atom stereocenters. The minimum absolute atomic E-state index is 0.0567. The topological polar surface area (TPSA) is 55.8 Å². The SMILES string of the molecule is Cc1ccc(CS(=O)(=O)N2CCC(c3ccc4c(c3)OCO4)C2)cc1. The average Bonchev–Trinajstić information content (AvgIpc) is 3.25. The van der Waals surface area contributed by atoms with E-state index in [1.54, 1.807) is 4.31 Å². The monoisotopic (exact) mass is 359 g/mol. The molecule has 132 valence electrons. The Kier molecular flexibility index (Phi) is 4.17. The Balaban J connectivity index is 1.47. The Morgan fingerprint density at radius 2 is 1.84 bits per heavy atom. The Bertz CT molecular complexity index is 877. The molecule has 0 amide bonds. The van der Waals surface area contributed by atoms with Gasteiger partial charge in [-0.3, -0.25) is 0 Å². The maximum absolute atomic E-state index is 12.7. The first-order chi connectivity index (χ1) is 12.0. The molecule has 0 N–H and O–H groups in total. The maximum atomic E-state index is 12.7. The molecule has 2 aromatic rings. The summed E-state index contributed by atoms with van der Waals surface area (Å²) in [6.07, 6.45) is 0.826. The van der Waals surface area contributed by atoms with Crippen molar-refractivity contribution in [2.24, 2.45) is 0 Å². The molecule has 4 rings (SSSR count). The summed E-state index contributed by atoms with van der Waals surface area (Å²) in [6, 6.07) is 13.6. The third-order valence-corrected chi connectivity index (χ3v) is 6.70. The molecule has 0 saturated carbocycles. The summed E-state index contributed by atoms with van der Waals surface area (Å²) in [5, 5.41) is 0. The molecule has 5 nitrogen and oxygen atoms in total. The molecule has 6 heteroatoms. The fraction of sp³-hybridized carbons (Fsp3) is 0.368. The molecule has 2 heterocycles. The molecule has 0 aliphatic carbocycles. The number of ether oxygens (including phenoxy) is 2. The van der Waals surface area contributed by atoms with Crippen LogP contribution in [0.2, 0.25) is 0 Å². The number of sulfonamides is 1. The minimum Gasteiger partial charge on any atom is -0.454 e. The van der Waals surface area contributed by atoms with Gasteiger partial charge in [-0.05, 0) is 42.5 Å². The standard InChI is InChI=1S/C19H21NO4S/c1-14-2-4-15(5-3-14)12-25(21,22)20-9-8-17(11-20)16-6-7-18-19(10-16)24-13-23-18/h2-7,10,17H,8-9,11-13H2,1H3. The van der Waals surface area contributed by atoms with Gasteiger partial charge < -0.3 is 9.47 Å². The molecule has 2 aliphatic heterocycles. The second-order valence-electron chi connectivity index (χ2n) is 6.70. The Labute approximate surface area is 148 Å². The predicted molar refractivity (Wildman–Crippen MR) is 95.3 cm³/mol. The van der Waals surface area contributed by atoms with Crippen molar-refractivity contribution in [1.29, 1.82) is 0 Å². The predicted octanol–water partition coefficient (Wildman–Crippen LogP) is 3.04. The zero-order chi connectivity index (χ0) is 17.4. The van der Waals surface area contributed by atoms with Crippen LogP contribution in [0.25, 0.3) is 0 Å². The second kappa shape index (κ2) is 6.35. The van der Waals surface area contributed by atoms with Crippen molar-refractivity contribution in [2.75, 3.05) is 19.9 Å². The van der Waals surface area contributed by atoms with E-state index in [2.05, 4.69) is 0 Å². The molecule has 0 spiro atoms. The van der Waals surface area contributed by atoms with Gasteiger partial charge in [-0.2, -0.15) is 0 Å². The zero-order valence-electron chi connectivity index (χ0n) is 14.1. The Hall–Kier alpha value is -2.05. The van der Waals surface area contributed by atoms with Crippen molar-refractivity contribution in [3.8, 4) is 11.5 Å². The summed E-state index contributed by atoms with van der Waals surface area (Å²) in [5.74, 6) is 1.76. The van der Waals surface area contributed by atoms with Gasteiger partial charge in [0.05, 0.1) is 5.75 Å². The third-order valence-electron chi connectivity index (χ3n) is 4.88. The van der Waals surface area contributed by atoms with Crippen LogP contribution in [0.5, 0.6) is 11.5 Å². The molecule has 1 atom stereocenters.